The number of rotatable bonds is 3. The van der Waals surface area contributed by atoms with Gasteiger partial charge in [0.25, 0.3) is 0 Å². The molecule has 0 saturated carbocycles. The van der Waals surface area contributed by atoms with Crippen molar-refractivity contribution in [1.82, 2.24) is 0 Å². The van der Waals surface area contributed by atoms with Gasteiger partial charge in [0.1, 0.15) is 0 Å². The molecule has 0 amide bonds. The lowest BCUT2D eigenvalue weighted by Gasteiger charge is -1.78. The van der Waals surface area contributed by atoms with Gasteiger partial charge in [0.05, 0.1) is 0 Å². The molecule has 50 valence electrons. The van der Waals surface area contributed by atoms with Crippen LogP contribution >= 0.6 is 11.6 Å². The molecule has 0 aliphatic carbocycles. The fourth-order valence-corrected chi connectivity index (χ4v) is 0.551. The van der Waals surface area contributed by atoms with E-state index in [1.54, 1.807) is 0 Å². The van der Waals surface area contributed by atoms with Gasteiger partial charge in [0.15, 0.2) is 0 Å². The second-order valence-electron chi connectivity index (χ2n) is 1.58. The van der Waals surface area contributed by atoms with Crippen molar-refractivity contribution in [3.63, 3.8) is 0 Å². The molecule has 0 aliphatic heterocycles. The maximum Gasteiger partial charge on any atom is 0.0269 e. The van der Waals surface area contributed by atoms with E-state index in [4.69, 9.17) is 11.6 Å². The molecule has 0 nitrogen and oxygen atoms in total. The number of allylic oxidation sites excluding steroid dienone is 2. The number of hydrogen-bond acceptors (Lipinski definition) is 0. The van der Waals surface area contributed by atoms with Crippen molar-refractivity contribution in [2.45, 2.75) is 19.8 Å². The molecular formula is C8H11Cl. The third-order valence-electron chi connectivity index (χ3n) is 0.839. The van der Waals surface area contributed by atoms with E-state index in [1.165, 1.54) is 0 Å². The van der Waals surface area contributed by atoms with Crippen LogP contribution in [0, 0.1) is 11.8 Å². The maximum atomic E-state index is 5.43. The van der Waals surface area contributed by atoms with E-state index >= 15 is 0 Å². The Hall–Kier alpha value is -0.410. The monoisotopic (exact) mass is 142 g/mol. The number of hydrogen-bond donors (Lipinski definition) is 0. The van der Waals surface area contributed by atoms with Gasteiger partial charge in [-0.2, -0.15) is 0 Å². The van der Waals surface area contributed by atoms with Crippen molar-refractivity contribution in [3.05, 3.63) is 12.2 Å². The van der Waals surface area contributed by atoms with E-state index in [0.29, 0.717) is 5.88 Å². The molecule has 0 aromatic carbocycles. The van der Waals surface area contributed by atoms with Crippen LogP contribution in [0.1, 0.15) is 19.8 Å². The highest BCUT2D eigenvalue weighted by Gasteiger charge is 1.71. The highest BCUT2D eigenvalue weighted by molar-refractivity contribution is 6.17. The Morgan fingerprint density at radius 1 is 1.44 bits per heavy atom. The van der Waals surface area contributed by atoms with E-state index in [9.17, 15) is 0 Å². The van der Waals surface area contributed by atoms with Crippen LogP contribution in [-0.4, -0.2) is 5.88 Å². The molecule has 0 spiro atoms. The van der Waals surface area contributed by atoms with Crippen molar-refractivity contribution in [3.8, 4) is 11.8 Å². The summed E-state index contributed by atoms with van der Waals surface area (Å²) in [5.41, 5.74) is 0. The Morgan fingerprint density at radius 3 is 2.78 bits per heavy atom. The molecular weight excluding hydrogens is 132 g/mol. The topological polar surface area (TPSA) is 0 Å². The quantitative estimate of drug-likeness (QED) is 0.323. The molecule has 0 aromatic rings. The summed E-state index contributed by atoms with van der Waals surface area (Å²) in [6, 6.07) is 0. The van der Waals surface area contributed by atoms with E-state index in [0.717, 1.165) is 12.8 Å². The molecule has 0 heterocycles. The molecule has 0 atom stereocenters. The first-order valence-corrected chi connectivity index (χ1v) is 3.56. The largest absolute Gasteiger partial charge is 0.126 e. The molecule has 0 N–H and O–H groups in total. The highest BCUT2D eigenvalue weighted by atomic mass is 35.5. The molecule has 0 unspecified atom stereocenters. The lowest BCUT2D eigenvalue weighted by Crippen LogP contribution is -1.65. The molecule has 0 aromatic heterocycles. The first-order chi connectivity index (χ1) is 4.41. The van der Waals surface area contributed by atoms with Gasteiger partial charge in [-0.15, -0.1) is 17.5 Å². The van der Waals surface area contributed by atoms with E-state index < -0.39 is 0 Å². The van der Waals surface area contributed by atoms with Crippen LogP contribution in [0.2, 0.25) is 0 Å². The fraction of sp³-hybridized carbons (Fsp3) is 0.500. The van der Waals surface area contributed by atoms with Crippen molar-refractivity contribution in [1.29, 1.82) is 0 Å². The standard InChI is InChI=1S/C8H11Cl/c1-2-3-4-5-6-7-8-9/h5-6H,4,7-8H2,1H3. The van der Waals surface area contributed by atoms with Crippen molar-refractivity contribution < 1.29 is 0 Å². The Labute approximate surface area is 61.9 Å². The van der Waals surface area contributed by atoms with Crippen LogP contribution in [-0.2, 0) is 0 Å². The minimum Gasteiger partial charge on any atom is -0.126 e. The lowest BCUT2D eigenvalue weighted by molar-refractivity contribution is 1.21. The SMILES string of the molecule is CC#CCC=CCCCl. The molecule has 1 heteroatoms. The van der Waals surface area contributed by atoms with Crippen molar-refractivity contribution in [2.24, 2.45) is 0 Å². The average Bonchev–Trinajstić information content (AvgIpc) is 1.89. The molecule has 0 rings (SSSR count). The van der Waals surface area contributed by atoms with Crippen LogP contribution in [0.3, 0.4) is 0 Å². The van der Waals surface area contributed by atoms with Gasteiger partial charge in [-0.1, -0.05) is 18.1 Å². The second-order valence-corrected chi connectivity index (χ2v) is 1.96. The molecule has 0 aliphatic rings. The van der Waals surface area contributed by atoms with Crippen LogP contribution in [0.5, 0.6) is 0 Å². The summed E-state index contributed by atoms with van der Waals surface area (Å²) in [5.74, 6) is 6.44. The Kier molecular flexibility index (Phi) is 7.24. The summed E-state index contributed by atoms with van der Waals surface area (Å²) in [7, 11) is 0. The van der Waals surface area contributed by atoms with Gasteiger partial charge in [-0.05, 0) is 13.3 Å². The van der Waals surface area contributed by atoms with Crippen molar-refractivity contribution >= 4 is 11.6 Å². The first kappa shape index (κ1) is 8.59. The lowest BCUT2D eigenvalue weighted by atomic mass is 10.3. The zero-order valence-electron chi connectivity index (χ0n) is 5.65. The third kappa shape index (κ3) is 7.59. The minimum absolute atomic E-state index is 0.704. The molecule has 0 fully saturated rings. The number of alkyl halides is 1. The predicted octanol–water partition coefficient (Wildman–Crippen LogP) is 2.58. The molecule has 9 heavy (non-hydrogen) atoms. The predicted molar refractivity (Wildman–Crippen MR) is 42.5 cm³/mol. The summed E-state index contributed by atoms with van der Waals surface area (Å²) >= 11 is 5.43. The second kappa shape index (κ2) is 7.59. The van der Waals surface area contributed by atoms with E-state index in [2.05, 4.69) is 17.9 Å². The molecule has 0 saturated heterocycles. The Morgan fingerprint density at radius 2 is 2.22 bits per heavy atom. The highest BCUT2D eigenvalue weighted by Crippen LogP contribution is 1.87. The Bertz CT molecular complexity index is 125. The van der Waals surface area contributed by atoms with Crippen LogP contribution < -0.4 is 0 Å². The van der Waals surface area contributed by atoms with Gasteiger partial charge in [0.2, 0.25) is 0 Å². The van der Waals surface area contributed by atoms with Crippen LogP contribution in [0.4, 0.5) is 0 Å². The molecule has 0 bridgehead atoms. The zero-order valence-corrected chi connectivity index (χ0v) is 6.41. The summed E-state index contributed by atoms with van der Waals surface area (Å²) < 4.78 is 0. The van der Waals surface area contributed by atoms with Crippen LogP contribution in [0.15, 0.2) is 12.2 Å². The van der Waals surface area contributed by atoms with Crippen molar-refractivity contribution in [2.75, 3.05) is 5.88 Å². The third-order valence-corrected chi connectivity index (χ3v) is 1.06. The zero-order chi connectivity index (χ0) is 6.95. The average molecular weight is 143 g/mol. The first-order valence-electron chi connectivity index (χ1n) is 3.02. The van der Waals surface area contributed by atoms with Gasteiger partial charge in [-0.25, -0.2) is 0 Å². The van der Waals surface area contributed by atoms with E-state index in [-0.39, 0.29) is 0 Å². The maximum absolute atomic E-state index is 5.43. The van der Waals surface area contributed by atoms with Gasteiger partial charge in [0, 0.05) is 12.3 Å². The number of halogens is 1. The Balaban J connectivity index is 3.11. The summed E-state index contributed by atoms with van der Waals surface area (Å²) in [4.78, 5) is 0. The van der Waals surface area contributed by atoms with Gasteiger partial charge >= 0.3 is 0 Å². The minimum atomic E-state index is 0.704. The fourth-order valence-electron chi connectivity index (χ4n) is 0.425. The van der Waals surface area contributed by atoms with Gasteiger partial charge < -0.3 is 0 Å². The normalized spacial score (nSPS) is 9.11. The van der Waals surface area contributed by atoms with Gasteiger partial charge in [-0.3, -0.25) is 0 Å². The summed E-state index contributed by atoms with van der Waals surface area (Å²) in [5, 5.41) is 0. The summed E-state index contributed by atoms with van der Waals surface area (Å²) in [6.45, 7) is 1.84. The smallest absolute Gasteiger partial charge is 0.0269 e. The summed E-state index contributed by atoms with van der Waals surface area (Å²) in [6.07, 6.45) is 5.90. The van der Waals surface area contributed by atoms with Crippen LogP contribution in [0.25, 0.3) is 0 Å². The van der Waals surface area contributed by atoms with E-state index in [1.807, 2.05) is 13.0 Å². The molecule has 0 radical (unpaired) electrons.